The van der Waals surface area contributed by atoms with Gasteiger partial charge in [-0.1, -0.05) is 12.1 Å². The molecule has 0 radical (unpaired) electrons. The summed E-state index contributed by atoms with van der Waals surface area (Å²) in [7, 11) is 0. The molecule has 84 valence electrons. The number of rotatable bonds is 1. The Balaban J connectivity index is 2.20. The van der Waals surface area contributed by atoms with Crippen molar-refractivity contribution < 1.29 is 4.39 Å². The van der Waals surface area contributed by atoms with E-state index in [4.69, 9.17) is 0 Å². The van der Waals surface area contributed by atoms with E-state index >= 15 is 0 Å². The minimum atomic E-state index is -0.285. The molecule has 0 unspecified atom stereocenters. The van der Waals surface area contributed by atoms with Gasteiger partial charge in [0.05, 0.1) is 18.1 Å². The van der Waals surface area contributed by atoms with E-state index in [1.807, 2.05) is 6.92 Å². The number of hydrogen-bond acceptors (Lipinski definition) is 3. The predicted molar refractivity (Wildman–Crippen MR) is 60.9 cm³/mol. The van der Waals surface area contributed by atoms with Gasteiger partial charge in [-0.05, 0) is 19.1 Å². The van der Waals surface area contributed by atoms with Gasteiger partial charge >= 0.3 is 0 Å². The Kier molecular flexibility index (Phi) is 2.11. The zero-order valence-corrected chi connectivity index (χ0v) is 9.13. The van der Waals surface area contributed by atoms with Crippen molar-refractivity contribution in [3.8, 4) is 11.3 Å². The minimum Gasteiger partial charge on any atom is -0.218 e. The zero-order chi connectivity index (χ0) is 11.8. The normalized spacial score (nSPS) is 10.9. The summed E-state index contributed by atoms with van der Waals surface area (Å²) in [6, 6.07) is 6.28. The van der Waals surface area contributed by atoms with Gasteiger partial charge in [0.2, 0.25) is 0 Å². The van der Waals surface area contributed by atoms with E-state index in [2.05, 4.69) is 15.1 Å². The van der Waals surface area contributed by atoms with Crippen molar-refractivity contribution in [3.05, 3.63) is 48.2 Å². The molecular formula is C12H9FN4. The number of nitrogens with zero attached hydrogens (tertiary/aromatic N) is 4. The largest absolute Gasteiger partial charge is 0.250 e. The first-order chi connectivity index (χ1) is 8.24. The molecule has 17 heavy (non-hydrogen) atoms. The van der Waals surface area contributed by atoms with Gasteiger partial charge in [0.25, 0.3) is 5.78 Å². The van der Waals surface area contributed by atoms with Crippen LogP contribution in [0.1, 0.15) is 5.69 Å². The molecule has 0 aliphatic rings. The van der Waals surface area contributed by atoms with Crippen molar-refractivity contribution in [2.75, 3.05) is 0 Å². The molecule has 5 heteroatoms. The number of aryl methyl sites for hydroxylation is 1. The van der Waals surface area contributed by atoms with Gasteiger partial charge in [-0.25, -0.2) is 18.9 Å². The maximum Gasteiger partial charge on any atom is 0.250 e. The Labute approximate surface area is 96.8 Å². The van der Waals surface area contributed by atoms with Gasteiger partial charge in [-0.2, -0.15) is 5.10 Å². The fourth-order valence-electron chi connectivity index (χ4n) is 1.66. The third kappa shape index (κ3) is 1.65. The summed E-state index contributed by atoms with van der Waals surface area (Å²) < 4.78 is 14.8. The van der Waals surface area contributed by atoms with Gasteiger partial charge in [0, 0.05) is 5.56 Å². The smallest absolute Gasteiger partial charge is 0.218 e. The predicted octanol–water partition coefficient (Wildman–Crippen LogP) is 2.24. The summed E-state index contributed by atoms with van der Waals surface area (Å²) in [5, 5.41) is 4.37. The van der Waals surface area contributed by atoms with Gasteiger partial charge in [-0.15, -0.1) is 0 Å². The lowest BCUT2D eigenvalue weighted by Gasteiger charge is -2.01. The highest BCUT2D eigenvalue weighted by molar-refractivity contribution is 5.58. The van der Waals surface area contributed by atoms with Crippen LogP contribution < -0.4 is 0 Å². The summed E-state index contributed by atoms with van der Waals surface area (Å²) in [6.07, 6.45) is 3.29. The van der Waals surface area contributed by atoms with Crippen LogP contribution in [0.3, 0.4) is 0 Å². The highest BCUT2D eigenvalue weighted by atomic mass is 19.1. The molecule has 0 aliphatic carbocycles. The number of halogens is 1. The van der Waals surface area contributed by atoms with Crippen LogP contribution in [0.25, 0.3) is 17.0 Å². The average Bonchev–Trinajstić information content (AvgIpc) is 2.71. The van der Waals surface area contributed by atoms with Crippen molar-refractivity contribution in [1.82, 2.24) is 19.6 Å². The maximum absolute atomic E-state index is 13.1. The van der Waals surface area contributed by atoms with Crippen LogP contribution >= 0.6 is 0 Å². The molecule has 3 aromatic rings. The maximum atomic E-state index is 13.1. The summed E-state index contributed by atoms with van der Waals surface area (Å²) in [5.41, 5.74) is 2.22. The Morgan fingerprint density at radius 1 is 1.18 bits per heavy atom. The molecule has 0 spiro atoms. The first kappa shape index (κ1) is 9.89. The molecule has 1 aromatic carbocycles. The van der Waals surface area contributed by atoms with Gasteiger partial charge in [0.15, 0.2) is 0 Å². The van der Waals surface area contributed by atoms with Gasteiger partial charge in [-0.3, -0.25) is 0 Å². The molecule has 0 saturated carbocycles. The van der Waals surface area contributed by atoms with Crippen LogP contribution in [0.15, 0.2) is 36.7 Å². The Morgan fingerprint density at radius 3 is 2.82 bits per heavy atom. The van der Waals surface area contributed by atoms with Crippen LogP contribution in [-0.4, -0.2) is 19.6 Å². The minimum absolute atomic E-state index is 0.285. The molecule has 0 aliphatic heterocycles. The average molecular weight is 228 g/mol. The van der Waals surface area contributed by atoms with Crippen LogP contribution in [0.4, 0.5) is 4.39 Å². The van der Waals surface area contributed by atoms with E-state index in [9.17, 15) is 4.39 Å². The molecule has 0 atom stereocenters. The number of fused-ring (bicyclic) bond motifs is 1. The summed E-state index contributed by atoms with van der Waals surface area (Å²) in [5.74, 6) is 0.259. The second-order valence-corrected chi connectivity index (χ2v) is 3.77. The lowest BCUT2D eigenvalue weighted by Crippen LogP contribution is -1.98. The fraction of sp³-hybridized carbons (Fsp3) is 0.0833. The Bertz CT molecular complexity index is 690. The Hall–Kier alpha value is -2.30. The van der Waals surface area contributed by atoms with Crippen LogP contribution in [-0.2, 0) is 0 Å². The molecule has 0 bridgehead atoms. The second-order valence-electron chi connectivity index (χ2n) is 3.77. The molecule has 0 amide bonds. The quantitative estimate of drug-likeness (QED) is 0.641. The highest BCUT2D eigenvalue weighted by Crippen LogP contribution is 2.17. The molecule has 3 rings (SSSR count). The van der Waals surface area contributed by atoms with Crippen LogP contribution in [0.5, 0.6) is 0 Å². The lowest BCUT2D eigenvalue weighted by atomic mass is 10.2. The first-order valence-corrected chi connectivity index (χ1v) is 5.17. The standard InChI is InChI=1S/C12H9FN4/c1-8-6-14-12-15-7-11(16-17(8)12)9-3-2-4-10(13)5-9/h2-7H,1H3. The van der Waals surface area contributed by atoms with E-state index < -0.39 is 0 Å². The van der Waals surface area contributed by atoms with Crippen molar-refractivity contribution in [3.63, 3.8) is 0 Å². The molecule has 2 aromatic heterocycles. The highest BCUT2D eigenvalue weighted by Gasteiger charge is 2.05. The molecule has 4 nitrogen and oxygen atoms in total. The molecule has 0 N–H and O–H groups in total. The molecular weight excluding hydrogens is 219 g/mol. The van der Waals surface area contributed by atoms with E-state index in [0.29, 0.717) is 17.0 Å². The summed E-state index contributed by atoms with van der Waals surface area (Å²) in [6.45, 7) is 1.89. The monoisotopic (exact) mass is 228 g/mol. The van der Waals surface area contributed by atoms with Crippen molar-refractivity contribution in [2.24, 2.45) is 0 Å². The van der Waals surface area contributed by atoms with E-state index in [-0.39, 0.29) is 5.82 Å². The topological polar surface area (TPSA) is 43.1 Å². The molecule has 2 heterocycles. The SMILES string of the molecule is Cc1cnc2ncc(-c3cccc(F)c3)nn12. The number of imidazole rings is 1. The zero-order valence-electron chi connectivity index (χ0n) is 9.13. The van der Waals surface area contributed by atoms with Gasteiger partial charge in [0.1, 0.15) is 11.5 Å². The second kappa shape index (κ2) is 3.62. The molecule has 0 fully saturated rings. The van der Waals surface area contributed by atoms with Crippen LogP contribution in [0, 0.1) is 12.7 Å². The third-order valence-corrected chi connectivity index (χ3v) is 2.52. The van der Waals surface area contributed by atoms with Gasteiger partial charge < -0.3 is 0 Å². The number of hydrogen-bond donors (Lipinski definition) is 0. The summed E-state index contributed by atoms with van der Waals surface area (Å²) in [4.78, 5) is 8.26. The summed E-state index contributed by atoms with van der Waals surface area (Å²) >= 11 is 0. The number of aromatic nitrogens is 4. The van der Waals surface area contributed by atoms with Crippen molar-refractivity contribution in [2.45, 2.75) is 6.92 Å². The lowest BCUT2D eigenvalue weighted by molar-refractivity contribution is 0.628. The fourth-order valence-corrected chi connectivity index (χ4v) is 1.66. The third-order valence-electron chi connectivity index (χ3n) is 2.52. The van der Waals surface area contributed by atoms with E-state index in [1.54, 1.807) is 29.0 Å². The van der Waals surface area contributed by atoms with Crippen LogP contribution in [0.2, 0.25) is 0 Å². The number of benzene rings is 1. The van der Waals surface area contributed by atoms with Crippen molar-refractivity contribution in [1.29, 1.82) is 0 Å². The molecule has 0 saturated heterocycles. The Morgan fingerprint density at radius 2 is 2.00 bits per heavy atom. The van der Waals surface area contributed by atoms with Crippen molar-refractivity contribution >= 4 is 5.78 Å². The van der Waals surface area contributed by atoms with E-state index in [1.165, 1.54) is 12.1 Å². The first-order valence-electron chi connectivity index (χ1n) is 5.17. The van der Waals surface area contributed by atoms with E-state index in [0.717, 1.165) is 5.69 Å².